The first kappa shape index (κ1) is 15.7. The van der Waals surface area contributed by atoms with Gasteiger partial charge in [-0.05, 0) is 43.0 Å². The second-order valence-corrected chi connectivity index (χ2v) is 5.80. The summed E-state index contributed by atoms with van der Waals surface area (Å²) in [7, 11) is 1.77. The monoisotopic (exact) mass is 313 g/mol. The van der Waals surface area contributed by atoms with Crippen LogP contribution in [0.1, 0.15) is 25.8 Å². The lowest BCUT2D eigenvalue weighted by Crippen LogP contribution is -2.33. The van der Waals surface area contributed by atoms with Crippen LogP contribution in [0.4, 0.5) is 0 Å². The van der Waals surface area contributed by atoms with Crippen LogP contribution in [0.3, 0.4) is 0 Å². The maximum atomic E-state index is 5.21. The summed E-state index contributed by atoms with van der Waals surface area (Å²) < 4.78 is 6.35. The van der Waals surface area contributed by atoms with Crippen molar-refractivity contribution in [2.24, 2.45) is 5.92 Å². The summed E-state index contributed by atoms with van der Waals surface area (Å²) in [6.07, 6.45) is 2.23. The summed E-state index contributed by atoms with van der Waals surface area (Å²) in [6, 6.07) is 9.12. The average Bonchev–Trinajstić information content (AvgIpc) is 2.32. The fourth-order valence-corrected chi connectivity index (χ4v) is 2.54. The molecule has 0 fully saturated rings. The van der Waals surface area contributed by atoms with Crippen LogP contribution in [-0.4, -0.2) is 26.3 Å². The van der Waals surface area contributed by atoms with E-state index in [0.717, 1.165) is 30.5 Å². The van der Waals surface area contributed by atoms with E-state index in [2.05, 4.69) is 59.4 Å². The maximum absolute atomic E-state index is 5.21. The van der Waals surface area contributed by atoms with Crippen LogP contribution in [0.5, 0.6) is 0 Å². The highest BCUT2D eigenvalue weighted by molar-refractivity contribution is 9.10. The normalized spacial score (nSPS) is 14.4. The lowest BCUT2D eigenvalue weighted by atomic mass is 9.96. The van der Waals surface area contributed by atoms with Gasteiger partial charge < -0.3 is 10.1 Å². The Hall–Kier alpha value is -0.380. The van der Waals surface area contributed by atoms with Gasteiger partial charge in [-0.1, -0.05) is 41.9 Å². The lowest BCUT2D eigenvalue weighted by Gasteiger charge is -2.21. The van der Waals surface area contributed by atoms with Gasteiger partial charge >= 0.3 is 0 Å². The minimum Gasteiger partial charge on any atom is -0.384 e. The summed E-state index contributed by atoms with van der Waals surface area (Å²) in [5.41, 5.74) is 1.38. The molecular formula is C15H24BrNO. The zero-order valence-electron chi connectivity index (χ0n) is 11.6. The second kappa shape index (κ2) is 8.68. The van der Waals surface area contributed by atoms with Gasteiger partial charge in [0.15, 0.2) is 0 Å². The van der Waals surface area contributed by atoms with Crippen molar-refractivity contribution in [1.29, 1.82) is 0 Å². The highest BCUT2D eigenvalue weighted by Crippen LogP contribution is 2.15. The van der Waals surface area contributed by atoms with Crippen molar-refractivity contribution in [2.75, 3.05) is 20.3 Å². The van der Waals surface area contributed by atoms with E-state index in [4.69, 9.17) is 4.74 Å². The van der Waals surface area contributed by atoms with Crippen molar-refractivity contribution in [2.45, 2.75) is 32.7 Å². The summed E-state index contributed by atoms with van der Waals surface area (Å²) >= 11 is 3.47. The van der Waals surface area contributed by atoms with Crippen molar-refractivity contribution >= 4 is 15.9 Å². The molecule has 0 aliphatic rings. The Morgan fingerprint density at radius 2 is 1.94 bits per heavy atom. The molecule has 1 rings (SSSR count). The smallest absolute Gasteiger partial charge is 0.0488 e. The third-order valence-electron chi connectivity index (χ3n) is 3.03. The van der Waals surface area contributed by atoms with Gasteiger partial charge in [0, 0.05) is 24.2 Å². The van der Waals surface area contributed by atoms with Crippen LogP contribution in [0.15, 0.2) is 28.7 Å². The van der Waals surface area contributed by atoms with Crippen molar-refractivity contribution in [3.8, 4) is 0 Å². The highest BCUT2D eigenvalue weighted by atomic mass is 79.9. The number of likely N-dealkylation sites (N-methyl/N-ethyl adjacent to an activating group) is 1. The van der Waals surface area contributed by atoms with Crippen molar-refractivity contribution in [1.82, 2.24) is 5.32 Å². The van der Waals surface area contributed by atoms with Gasteiger partial charge in [0.2, 0.25) is 0 Å². The number of nitrogens with one attached hydrogen (secondary N) is 1. The van der Waals surface area contributed by atoms with Crippen molar-refractivity contribution < 1.29 is 4.74 Å². The summed E-state index contributed by atoms with van der Waals surface area (Å²) in [5.74, 6) is 0.592. The first-order valence-corrected chi connectivity index (χ1v) is 7.41. The standard InChI is InChI=1S/C15H24BrNO/c1-4-17-15(9-12(2)11-18-3)10-13-5-7-14(16)8-6-13/h5-8,12,15,17H,4,9-11H2,1-3H3. The molecule has 0 saturated heterocycles. The minimum absolute atomic E-state index is 0.529. The molecule has 3 heteroatoms. The van der Waals surface area contributed by atoms with Crippen LogP contribution in [0.25, 0.3) is 0 Å². The van der Waals surface area contributed by atoms with Crippen LogP contribution in [0, 0.1) is 5.92 Å². The number of halogens is 1. The van der Waals surface area contributed by atoms with Gasteiger partial charge in [0.05, 0.1) is 0 Å². The molecule has 0 heterocycles. The fourth-order valence-electron chi connectivity index (χ4n) is 2.27. The van der Waals surface area contributed by atoms with Gasteiger partial charge in [-0.2, -0.15) is 0 Å². The van der Waals surface area contributed by atoms with Gasteiger partial charge in [0.1, 0.15) is 0 Å². The quantitative estimate of drug-likeness (QED) is 0.791. The lowest BCUT2D eigenvalue weighted by molar-refractivity contribution is 0.149. The molecule has 2 atom stereocenters. The summed E-state index contributed by atoms with van der Waals surface area (Å²) in [5, 5.41) is 3.57. The Morgan fingerprint density at radius 3 is 2.50 bits per heavy atom. The van der Waals surface area contributed by atoms with Crippen molar-refractivity contribution in [3.05, 3.63) is 34.3 Å². The number of ether oxygens (including phenoxy) is 1. The third kappa shape index (κ3) is 5.98. The number of benzene rings is 1. The molecule has 2 nitrogen and oxygen atoms in total. The Kier molecular flexibility index (Phi) is 7.56. The molecular weight excluding hydrogens is 290 g/mol. The summed E-state index contributed by atoms with van der Waals surface area (Å²) in [6.45, 7) is 6.26. The molecule has 0 amide bonds. The van der Waals surface area contributed by atoms with Gasteiger partial charge in [-0.25, -0.2) is 0 Å². The van der Waals surface area contributed by atoms with E-state index >= 15 is 0 Å². The zero-order valence-corrected chi connectivity index (χ0v) is 13.2. The first-order chi connectivity index (χ1) is 8.65. The van der Waals surface area contributed by atoms with Gasteiger partial charge in [-0.15, -0.1) is 0 Å². The maximum Gasteiger partial charge on any atom is 0.0488 e. The SMILES string of the molecule is CCNC(Cc1ccc(Br)cc1)CC(C)COC. The molecule has 18 heavy (non-hydrogen) atoms. The fraction of sp³-hybridized carbons (Fsp3) is 0.600. The van der Waals surface area contributed by atoms with E-state index in [1.54, 1.807) is 7.11 Å². The molecule has 1 aromatic carbocycles. The molecule has 0 aromatic heterocycles. The number of hydrogen-bond donors (Lipinski definition) is 1. The number of rotatable bonds is 8. The molecule has 102 valence electrons. The Morgan fingerprint density at radius 1 is 1.28 bits per heavy atom. The first-order valence-electron chi connectivity index (χ1n) is 6.62. The van der Waals surface area contributed by atoms with Crippen LogP contribution in [0.2, 0.25) is 0 Å². The van der Waals surface area contributed by atoms with Crippen LogP contribution < -0.4 is 5.32 Å². The minimum atomic E-state index is 0.529. The number of methoxy groups -OCH3 is 1. The predicted octanol–water partition coefficient (Wildman–Crippen LogP) is 3.64. The van der Waals surface area contributed by atoms with E-state index in [1.165, 1.54) is 5.56 Å². The van der Waals surface area contributed by atoms with E-state index in [-0.39, 0.29) is 0 Å². The zero-order chi connectivity index (χ0) is 13.4. The van der Waals surface area contributed by atoms with E-state index in [1.807, 2.05) is 0 Å². The molecule has 0 aliphatic carbocycles. The Balaban J connectivity index is 2.53. The topological polar surface area (TPSA) is 21.3 Å². The molecule has 0 spiro atoms. The van der Waals surface area contributed by atoms with Gasteiger partial charge in [-0.3, -0.25) is 0 Å². The number of hydrogen-bond acceptors (Lipinski definition) is 2. The molecule has 0 saturated carbocycles. The van der Waals surface area contributed by atoms with Crippen molar-refractivity contribution in [3.63, 3.8) is 0 Å². The highest BCUT2D eigenvalue weighted by Gasteiger charge is 2.13. The third-order valence-corrected chi connectivity index (χ3v) is 3.55. The van der Waals surface area contributed by atoms with Crippen LogP contribution >= 0.6 is 15.9 Å². The van der Waals surface area contributed by atoms with Gasteiger partial charge in [0.25, 0.3) is 0 Å². The Labute approximate surface area is 119 Å². The van der Waals surface area contributed by atoms with Crippen LogP contribution in [-0.2, 0) is 11.2 Å². The van der Waals surface area contributed by atoms with E-state index < -0.39 is 0 Å². The molecule has 2 unspecified atom stereocenters. The molecule has 0 bridgehead atoms. The molecule has 0 radical (unpaired) electrons. The average molecular weight is 314 g/mol. The van der Waals surface area contributed by atoms with E-state index in [9.17, 15) is 0 Å². The molecule has 1 N–H and O–H groups in total. The molecule has 1 aromatic rings. The van der Waals surface area contributed by atoms with E-state index in [0.29, 0.717) is 12.0 Å². The molecule has 0 aliphatic heterocycles. The summed E-state index contributed by atoms with van der Waals surface area (Å²) in [4.78, 5) is 0. The Bertz CT molecular complexity index is 326. The largest absolute Gasteiger partial charge is 0.384 e. The second-order valence-electron chi connectivity index (χ2n) is 4.88. The predicted molar refractivity (Wildman–Crippen MR) is 81.0 cm³/mol.